The molecule has 0 bridgehead atoms. The van der Waals surface area contributed by atoms with Gasteiger partial charge in [-0.3, -0.25) is 4.79 Å². The zero-order valence-corrected chi connectivity index (χ0v) is 11.2. The van der Waals surface area contributed by atoms with Crippen LogP contribution in [0.15, 0.2) is 42.5 Å². The summed E-state index contributed by atoms with van der Waals surface area (Å²) in [5, 5.41) is 0. The average molecular weight is 265 g/mol. The Bertz CT molecular complexity index is 772. The minimum Gasteiger partial charge on any atom is -0.369 e. The van der Waals surface area contributed by atoms with E-state index in [1.54, 1.807) is 0 Å². The molecule has 4 nitrogen and oxygen atoms in total. The maximum Gasteiger partial charge on any atom is 0.221 e. The number of hydrogen-bond donors (Lipinski definition) is 2. The molecule has 1 aromatic heterocycles. The van der Waals surface area contributed by atoms with E-state index in [-0.39, 0.29) is 12.3 Å². The van der Waals surface area contributed by atoms with Crippen molar-refractivity contribution in [2.75, 3.05) is 0 Å². The Morgan fingerprint density at radius 3 is 2.65 bits per heavy atom. The first kappa shape index (κ1) is 12.4. The number of primary amides is 1. The van der Waals surface area contributed by atoms with Crippen molar-refractivity contribution >= 4 is 16.9 Å². The molecule has 0 aliphatic rings. The molecule has 1 amide bonds. The minimum absolute atomic E-state index is 0.263. The molecule has 0 aliphatic heterocycles. The number of carbonyl (C=O) groups excluding carboxylic acids is 1. The number of amides is 1. The Morgan fingerprint density at radius 1 is 1.20 bits per heavy atom. The highest BCUT2D eigenvalue weighted by Gasteiger charge is 2.06. The van der Waals surface area contributed by atoms with Gasteiger partial charge in [0, 0.05) is 5.56 Å². The molecule has 0 atom stereocenters. The lowest BCUT2D eigenvalue weighted by molar-refractivity contribution is -0.117. The van der Waals surface area contributed by atoms with Crippen LogP contribution in [0.2, 0.25) is 0 Å². The van der Waals surface area contributed by atoms with Crippen molar-refractivity contribution in [3.05, 3.63) is 53.6 Å². The van der Waals surface area contributed by atoms with Crippen LogP contribution >= 0.6 is 0 Å². The molecule has 0 spiro atoms. The summed E-state index contributed by atoms with van der Waals surface area (Å²) in [4.78, 5) is 18.8. The Morgan fingerprint density at radius 2 is 1.95 bits per heavy atom. The van der Waals surface area contributed by atoms with E-state index in [1.807, 2.05) is 36.4 Å². The van der Waals surface area contributed by atoms with E-state index >= 15 is 0 Å². The van der Waals surface area contributed by atoms with Gasteiger partial charge in [-0.1, -0.05) is 30.3 Å². The van der Waals surface area contributed by atoms with Gasteiger partial charge in [0.25, 0.3) is 0 Å². The lowest BCUT2D eigenvalue weighted by Crippen LogP contribution is -2.13. The van der Waals surface area contributed by atoms with Crippen LogP contribution in [0.4, 0.5) is 0 Å². The fourth-order valence-electron chi connectivity index (χ4n) is 2.24. The number of nitrogens with two attached hydrogens (primary N) is 1. The van der Waals surface area contributed by atoms with Gasteiger partial charge < -0.3 is 10.7 Å². The molecular weight excluding hydrogens is 250 g/mol. The fraction of sp³-hybridized carbons (Fsp3) is 0.125. The molecule has 0 saturated heterocycles. The first-order valence-corrected chi connectivity index (χ1v) is 6.46. The second kappa shape index (κ2) is 4.81. The molecule has 0 unspecified atom stereocenters. The molecule has 2 aromatic carbocycles. The molecule has 100 valence electrons. The normalized spacial score (nSPS) is 10.8. The van der Waals surface area contributed by atoms with E-state index in [9.17, 15) is 4.79 Å². The van der Waals surface area contributed by atoms with E-state index in [0.717, 1.165) is 28.0 Å². The Hall–Kier alpha value is -2.62. The van der Waals surface area contributed by atoms with Crippen molar-refractivity contribution in [1.82, 2.24) is 9.97 Å². The lowest BCUT2D eigenvalue weighted by atomic mass is 10.1. The number of fused-ring (bicyclic) bond motifs is 1. The van der Waals surface area contributed by atoms with Gasteiger partial charge in [-0.15, -0.1) is 0 Å². The topological polar surface area (TPSA) is 71.8 Å². The molecule has 0 aliphatic carbocycles. The summed E-state index contributed by atoms with van der Waals surface area (Å²) in [5.41, 5.74) is 10.3. The maximum atomic E-state index is 10.9. The zero-order chi connectivity index (χ0) is 14.1. The number of rotatable bonds is 3. The molecule has 0 saturated carbocycles. The number of benzene rings is 2. The summed E-state index contributed by atoms with van der Waals surface area (Å²) < 4.78 is 0. The number of aryl methyl sites for hydroxylation is 1. The van der Waals surface area contributed by atoms with Crippen molar-refractivity contribution in [2.45, 2.75) is 13.3 Å². The van der Waals surface area contributed by atoms with Crippen LogP contribution in [-0.2, 0) is 11.2 Å². The summed E-state index contributed by atoms with van der Waals surface area (Å²) in [7, 11) is 0. The smallest absolute Gasteiger partial charge is 0.221 e. The van der Waals surface area contributed by atoms with Crippen LogP contribution in [0.25, 0.3) is 22.4 Å². The summed E-state index contributed by atoms with van der Waals surface area (Å²) in [6.07, 6.45) is 0.263. The maximum absolute atomic E-state index is 10.9. The molecule has 0 fully saturated rings. The van der Waals surface area contributed by atoms with Crippen molar-refractivity contribution in [1.29, 1.82) is 0 Å². The summed E-state index contributed by atoms with van der Waals surface area (Å²) in [5.74, 6) is 0.508. The average Bonchev–Trinajstić information content (AvgIpc) is 2.81. The highest BCUT2D eigenvalue weighted by Crippen LogP contribution is 2.21. The molecule has 20 heavy (non-hydrogen) atoms. The summed E-state index contributed by atoms with van der Waals surface area (Å²) in [6, 6.07) is 13.8. The predicted molar refractivity (Wildman–Crippen MR) is 79.2 cm³/mol. The Kier molecular flexibility index (Phi) is 2.99. The highest BCUT2D eigenvalue weighted by atomic mass is 16.1. The van der Waals surface area contributed by atoms with Gasteiger partial charge in [0.15, 0.2) is 0 Å². The molecule has 1 heterocycles. The Balaban J connectivity index is 1.96. The second-order valence-electron chi connectivity index (χ2n) is 4.95. The van der Waals surface area contributed by atoms with E-state index in [2.05, 4.69) is 23.0 Å². The van der Waals surface area contributed by atoms with Gasteiger partial charge in [-0.25, -0.2) is 4.98 Å². The zero-order valence-electron chi connectivity index (χ0n) is 11.2. The third-order valence-electron chi connectivity index (χ3n) is 3.24. The van der Waals surface area contributed by atoms with E-state index < -0.39 is 0 Å². The molecule has 3 aromatic rings. The van der Waals surface area contributed by atoms with Gasteiger partial charge in [0.05, 0.1) is 17.5 Å². The summed E-state index contributed by atoms with van der Waals surface area (Å²) in [6.45, 7) is 2.05. The minimum atomic E-state index is -0.322. The lowest BCUT2D eigenvalue weighted by Gasteiger charge is -2.00. The first-order valence-electron chi connectivity index (χ1n) is 6.46. The standard InChI is InChI=1S/C16H15N3O/c1-10-2-7-13-14(8-10)19-16(18-13)12-5-3-11(4-6-12)9-15(17)20/h2-8H,9H2,1H3,(H2,17,20)(H,18,19). The van der Waals surface area contributed by atoms with Crippen LogP contribution in [0, 0.1) is 6.92 Å². The van der Waals surface area contributed by atoms with Crippen LogP contribution in [0.3, 0.4) is 0 Å². The number of aromatic amines is 1. The van der Waals surface area contributed by atoms with Crippen molar-refractivity contribution in [2.24, 2.45) is 5.73 Å². The van der Waals surface area contributed by atoms with Gasteiger partial charge in [0.2, 0.25) is 5.91 Å². The van der Waals surface area contributed by atoms with Crippen LogP contribution in [0.1, 0.15) is 11.1 Å². The number of aromatic nitrogens is 2. The van der Waals surface area contributed by atoms with E-state index in [1.165, 1.54) is 5.56 Å². The first-order chi connectivity index (χ1) is 9.61. The third-order valence-corrected chi connectivity index (χ3v) is 3.24. The quantitative estimate of drug-likeness (QED) is 0.764. The number of hydrogen-bond acceptors (Lipinski definition) is 2. The molecule has 3 rings (SSSR count). The van der Waals surface area contributed by atoms with Crippen LogP contribution < -0.4 is 5.73 Å². The summed E-state index contributed by atoms with van der Waals surface area (Å²) >= 11 is 0. The largest absolute Gasteiger partial charge is 0.369 e. The van der Waals surface area contributed by atoms with Gasteiger partial charge >= 0.3 is 0 Å². The number of imidazole rings is 1. The van der Waals surface area contributed by atoms with Gasteiger partial charge in [-0.05, 0) is 30.2 Å². The monoisotopic (exact) mass is 265 g/mol. The van der Waals surface area contributed by atoms with E-state index in [0.29, 0.717) is 0 Å². The highest BCUT2D eigenvalue weighted by molar-refractivity contribution is 5.80. The van der Waals surface area contributed by atoms with E-state index in [4.69, 9.17) is 5.73 Å². The van der Waals surface area contributed by atoms with Gasteiger partial charge in [0.1, 0.15) is 5.82 Å². The predicted octanol–water partition coefficient (Wildman–Crippen LogP) is 2.57. The van der Waals surface area contributed by atoms with Crippen LogP contribution in [0.5, 0.6) is 0 Å². The molecule has 4 heteroatoms. The number of carbonyl (C=O) groups is 1. The van der Waals surface area contributed by atoms with Crippen molar-refractivity contribution < 1.29 is 4.79 Å². The van der Waals surface area contributed by atoms with Crippen molar-refractivity contribution in [3.63, 3.8) is 0 Å². The number of nitrogens with one attached hydrogen (secondary N) is 1. The van der Waals surface area contributed by atoms with Gasteiger partial charge in [-0.2, -0.15) is 0 Å². The fourth-order valence-corrected chi connectivity index (χ4v) is 2.24. The molecular formula is C16H15N3O. The SMILES string of the molecule is Cc1ccc2nc(-c3ccc(CC(N)=O)cc3)[nH]c2c1. The van der Waals surface area contributed by atoms with Crippen molar-refractivity contribution in [3.8, 4) is 11.4 Å². The molecule has 0 radical (unpaired) electrons. The Labute approximate surface area is 116 Å². The molecule has 3 N–H and O–H groups in total. The number of H-pyrrole nitrogens is 1. The third kappa shape index (κ3) is 2.40. The second-order valence-corrected chi connectivity index (χ2v) is 4.95. The number of nitrogens with zero attached hydrogens (tertiary/aromatic N) is 1. The van der Waals surface area contributed by atoms with Crippen LogP contribution in [-0.4, -0.2) is 15.9 Å².